The van der Waals surface area contributed by atoms with Gasteiger partial charge in [-0.2, -0.15) is 0 Å². The summed E-state index contributed by atoms with van der Waals surface area (Å²) in [5.41, 5.74) is 11.4. The number of nitrogens with one attached hydrogen (secondary N) is 1. The third kappa shape index (κ3) is 1.99. The summed E-state index contributed by atoms with van der Waals surface area (Å²) < 4.78 is 2.26. The number of nitrogens with two attached hydrogens (primary N) is 1. The van der Waals surface area contributed by atoms with E-state index in [-0.39, 0.29) is 0 Å². The van der Waals surface area contributed by atoms with Crippen molar-refractivity contribution in [3.63, 3.8) is 0 Å². The summed E-state index contributed by atoms with van der Waals surface area (Å²) in [6.45, 7) is 0. The number of hydrogen-bond donors (Lipinski definition) is 2. The highest BCUT2D eigenvalue weighted by Crippen LogP contribution is 2.30. The maximum Gasteiger partial charge on any atom is 0.188 e. The Morgan fingerprint density at radius 2 is 1.90 bits per heavy atom. The lowest BCUT2D eigenvalue weighted by molar-refractivity contribution is 1.44. The molecule has 0 unspecified atom stereocenters. The highest BCUT2D eigenvalue weighted by molar-refractivity contribution is 7.22. The normalized spacial score (nSPS) is 11.2. The third-order valence-corrected chi connectivity index (χ3v) is 4.72. The lowest BCUT2D eigenvalue weighted by atomic mass is 10.3. The Morgan fingerprint density at radius 1 is 1.00 bits per heavy atom. The van der Waals surface area contributed by atoms with Gasteiger partial charge in [0.05, 0.1) is 25.9 Å². The molecule has 0 aliphatic rings. The third-order valence-electron chi connectivity index (χ3n) is 3.00. The van der Waals surface area contributed by atoms with Crippen LogP contribution in [0.4, 0.5) is 16.5 Å². The molecule has 0 spiro atoms. The molecule has 0 radical (unpaired) electrons. The summed E-state index contributed by atoms with van der Waals surface area (Å²) in [5, 5.41) is 4.21. The van der Waals surface area contributed by atoms with E-state index in [1.165, 1.54) is 4.70 Å². The molecule has 2 heterocycles. The number of benzene rings is 2. The minimum Gasteiger partial charge on any atom is -0.399 e. The molecule has 0 atom stereocenters. The van der Waals surface area contributed by atoms with Gasteiger partial charge >= 0.3 is 0 Å². The second-order valence-electron chi connectivity index (χ2n) is 4.41. The number of anilines is 3. The number of hydrogen-bond acceptors (Lipinski definition) is 6. The van der Waals surface area contributed by atoms with Crippen molar-refractivity contribution < 1.29 is 0 Å². The standard InChI is InChI=1S/C14H10N4S2/c15-8-1-3-11-13(5-8)20-14(18-11)17-9-2-4-10-12(6-9)19-7-16-10/h1-7H,15H2,(H,17,18). The number of fused-ring (bicyclic) bond motifs is 2. The molecule has 98 valence electrons. The van der Waals surface area contributed by atoms with Crippen LogP contribution in [0.15, 0.2) is 41.9 Å². The van der Waals surface area contributed by atoms with Crippen LogP contribution >= 0.6 is 22.7 Å². The van der Waals surface area contributed by atoms with Crippen molar-refractivity contribution >= 4 is 59.6 Å². The van der Waals surface area contributed by atoms with Gasteiger partial charge in [-0.3, -0.25) is 0 Å². The molecule has 0 aliphatic heterocycles. The van der Waals surface area contributed by atoms with E-state index >= 15 is 0 Å². The topological polar surface area (TPSA) is 63.8 Å². The molecule has 4 rings (SSSR count). The molecule has 0 amide bonds. The van der Waals surface area contributed by atoms with Crippen molar-refractivity contribution in [2.75, 3.05) is 11.1 Å². The van der Waals surface area contributed by atoms with Gasteiger partial charge in [0.25, 0.3) is 0 Å². The fourth-order valence-corrected chi connectivity index (χ4v) is 3.70. The molecule has 0 aliphatic carbocycles. The number of aromatic nitrogens is 2. The van der Waals surface area contributed by atoms with Gasteiger partial charge in [0.2, 0.25) is 0 Å². The van der Waals surface area contributed by atoms with Crippen molar-refractivity contribution in [3.8, 4) is 0 Å². The van der Waals surface area contributed by atoms with Crippen LogP contribution in [0.3, 0.4) is 0 Å². The first-order chi connectivity index (χ1) is 9.78. The summed E-state index contributed by atoms with van der Waals surface area (Å²) in [6.07, 6.45) is 0. The fourth-order valence-electron chi connectivity index (χ4n) is 2.05. The largest absolute Gasteiger partial charge is 0.399 e. The molecule has 4 aromatic rings. The van der Waals surface area contributed by atoms with Gasteiger partial charge in [-0.1, -0.05) is 11.3 Å². The van der Waals surface area contributed by atoms with Crippen molar-refractivity contribution in [2.24, 2.45) is 0 Å². The second kappa shape index (κ2) is 4.43. The molecule has 2 aromatic carbocycles. The Morgan fingerprint density at radius 3 is 2.85 bits per heavy atom. The summed E-state index contributed by atoms with van der Waals surface area (Å²) >= 11 is 3.23. The molecule has 2 aromatic heterocycles. The fraction of sp³-hybridized carbons (Fsp3) is 0. The zero-order chi connectivity index (χ0) is 13.5. The van der Waals surface area contributed by atoms with Crippen LogP contribution in [-0.2, 0) is 0 Å². The van der Waals surface area contributed by atoms with Crippen LogP contribution in [-0.4, -0.2) is 9.97 Å². The maximum absolute atomic E-state index is 5.79. The van der Waals surface area contributed by atoms with E-state index in [0.29, 0.717) is 0 Å². The number of nitrogens with zero attached hydrogens (tertiary/aromatic N) is 2. The minimum atomic E-state index is 0.763. The van der Waals surface area contributed by atoms with Crippen molar-refractivity contribution in [1.82, 2.24) is 9.97 Å². The van der Waals surface area contributed by atoms with Crippen molar-refractivity contribution in [1.29, 1.82) is 0 Å². The lowest BCUT2D eigenvalue weighted by Crippen LogP contribution is -1.88. The van der Waals surface area contributed by atoms with Gasteiger partial charge in [0.1, 0.15) is 0 Å². The van der Waals surface area contributed by atoms with E-state index in [9.17, 15) is 0 Å². The average molecular weight is 298 g/mol. The van der Waals surface area contributed by atoms with E-state index < -0.39 is 0 Å². The molecule has 0 saturated carbocycles. The molecule has 0 saturated heterocycles. The number of thiazole rings is 2. The highest BCUT2D eigenvalue weighted by atomic mass is 32.1. The van der Waals surface area contributed by atoms with Crippen molar-refractivity contribution in [3.05, 3.63) is 41.9 Å². The Kier molecular flexibility index (Phi) is 2.58. The van der Waals surface area contributed by atoms with E-state index in [1.54, 1.807) is 22.7 Å². The van der Waals surface area contributed by atoms with E-state index in [2.05, 4.69) is 21.4 Å². The van der Waals surface area contributed by atoms with Crippen LogP contribution in [0.2, 0.25) is 0 Å². The SMILES string of the molecule is Nc1ccc2nc(Nc3ccc4ncsc4c3)sc2c1. The van der Waals surface area contributed by atoms with Crippen LogP contribution < -0.4 is 11.1 Å². The quantitative estimate of drug-likeness (QED) is 0.543. The summed E-state index contributed by atoms with van der Waals surface area (Å²) in [6, 6.07) is 11.9. The van der Waals surface area contributed by atoms with Gasteiger partial charge in [0.15, 0.2) is 5.13 Å². The molecule has 3 N–H and O–H groups in total. The first kappa shape index (κ1) is 11.6. The minimum absolute atomic E-state index is 0.763. The Balaban J connectivity index is 1.72. The molecule has 20 heavy (non-hydrogen) atoms. The van der Waals surface area contributed by atoms with Crippen molar-refractivity contribution in [2.45, 2.75) is 0 Å². The van der Waals surface area contributed by atoms with Gasteiger partial charge < -0.3 is 11.1 Å². The van der Waals surface area contributed by atoms with Gasteiger partial charge in [0, 0.05) is 11.4 Å². The molecule has 4 nitrogen and oxygen atoms in total. The maximum atomic E-state index is 5.79. The molecular formula is C14H10N4S2. The molecule has 0 fully saturated rings. The average Bonchev–Trinajstić information content (AvgIpc) is 3.03. The van der Waals surface area contributed by atoms with Crippen LogP contribution in [0, 0.1) is 0 Å². The smallest absolute Gasteiger partial charge is 0.188 e. The van der Waals surface area contributed by atoms with Crippen LogP contribution in [0.5, 0.6) is 0 Å². The van der Waals surface area contributed by atoms with E-state index in [0.717, 1.165) is 32.2 Å². The first-order valence-corrected chi connectivity index (χ1v) is 7.74. The second-order valence-corrected chi connectivity index (χ2v) is 6.32. The summed E-state index contributed by atoms with van der Waals surface area (Å²) in [7, 11) is 0. The van der Waals surface area contributed by atoms with E-state index in [1.807, 2.05) is 35.8 Å². The Labute approximate surface area is 122 Å². The first-order valence-electron chi connectivity index (χ1n) is 6.04. The van der Waals surface area contributed by atoms with Gasteiger partial charge in [-0.05, 0) is 36.4 Å². The van der Waals surface area contributed by atoms with Gasteiger partial charge in [-0.15, -0.1) is 11.3 Å². The summed E-state index contributed by atoms with van der Waals surface area (Å²) in [4.78, 5) is 8.83. The summed E-state index contributed by atoms with van der Waals surface area (Å²) in [5.74, 6) is 0. The van der Waals surface area contributed by atoms with Gasteiger partial charge in [-0.25, -0.2) is 9.97 Å². The zero-order valence-electron chi connectivity index (χ0n) is 10.3. The van der Waals surface area contributed by atoms with E-state index in [4.69, 9.17) is 5.73 Å². The molecule has 0 bridgehead atoms. The number of nitrogen functional groups attached to an aromatic ring is 1. The molecular weight excluding hydrogens is 288 g/mol. The Hall–Kier alpha value is -2.18. The molecule has 6 heteroatoms. The number of rotatable bonds is 2. The predicted octanol–water partition coefficient (Wildman–Crippen LogP) is 4.23. The Bertz CT molecular complexity index is 910. The monoisotopic (exact) mass is 298 g/mol. The lowest BCUT2D eigenvalue weighted by Gasteiger charge is -2.01. The van der Waals surface area contributed by atoms with Crippen LogP contribution in [0.25, 0.3) is 20.4 Å². The highest BCUT2D eigenvalue weighted by Gasteiger charge is 2.05. The zero-order valence-corrected chi connectivity index (χ0v) is 12.0. The van der Waals surface area contributed by atoms with Crippen LogP contribution in [0.1, 0.15) is 0 Å². The predicted molar refractivity (Wildman–Crippen MR) is 86.9 cm³/mol.